The molecule has 0 amide bonds. The fraction of sp³-hybridized carbons (Fsp3) is 0.150. The van der Waals surface area contributed by atoms with E-state index in [1.54, 1.807) is 18.3 Å². The molecule has 3 nitrogen and oxygen atoms in total. The van der Waals surface area contributed by atoms with Gasteiger partial charge in [-0.2, -0.15) is 0 Å². The zero-order valence-electron chi connectivity index (χ0n) is 13.7. The van der Waals surface area contributed by atoms with Crippen molar-refractivity contribution in [1.82, 2.24) is 10.3 Å². The molecule has 2 aromatic carbocycles. The van der Waals surface area contributed by atoms with E-state index in [9.17, 15) is 4.39 Å². The van der Waals surface area contributed by atoms with Crippen LogP contribution in [0, 0.1) is 5.82 Å². The van der Waals surface area contributed by atoms with Gasteiger partial charge in [-0.1, -0.05) is 30.3 Å². The molecule has 0 aliphatic carbocycles. The number of hydrogen-bond donors (Lipinski definition) is 1. The Balaban J connectivity index is 0.00000225. The van der Waals surface area contributed by atoms with E-state index in [4.69, 9.17) is 4.74 Å². The van der Waals surface area contributed by atoms with Crippen molar-refractivity contribution >= 4 is 12.4 Å². The average molecular weight is 359 g/mol. The number of pyridine rings is 1. The van der Waals surface area contributed by atoms with Gasteiger partial charge in [-0.3, -0.25) is 4.98 Å². The third-order valence-electron chi connectivity index (χ3n) is 3.60. The number of aromatic nitrogens is 1. The Kier molecular flexibility index (Phi) is 7.38. The van der Waals surface area contributed by atoms with Crippen LogP contribution in [-0.4, -0.2) is 4.98 Å². The Hall–Kier alpha value is -2.43. The van der Waals surface area contributed by atoms with Crippen molar-refractivity contribution in [2.24, 2.45) is 0 Å². The second-order valence-corrected chi connectivity index (χ2v) is 5.53. The molecule has 0 atom stereocenters. The standard InChI is InChI=1S/C20H19FN2O.ClH/c21-19-8-6-16(7-9-19)15-24-20-5-1-3-17(11-20)12-23-14-18-4-2-10-22-13-18;/h1-11,13,23H,12,14-15H2;1H. The molecule has 130 valence electrons. The van der Waals surface area contributed by atoms with Crippen LogP contribution in [0.15, 0.2) is 73.1 Å². The molecule has 1 N–H and O–H groups in total. The number of ether oxygens (including phenoxy) is 1. The molecule has 0 unspecified atom stereocenters. The highest BCUT2D eigenvalue weighted by molar-refractivity contribution is 5.85. The van der Waals surface area contributed by atoms with E-state index in [-0.39, 0.29) is 18.2 Å². The predicted molar refractivity (Wildman–Crippen MR) is 99.2 cm³/mol. The van der Waals surface area contributed by atoms with Crippen LogP contribution in [0.1, 0.15) is 16.7 Å². The van der Waals surface area contributed by atoms with Crippen LogP contribution in [-0.2, 0) is 19.7 Å². The summed E-state index contributed by atoms with van der Waals surface area (Å²) in [5.41, 5.74) is 3.24. The Morgan fingerprint density at radius 1 is 0.880 bits per heavy atom. The Morgan fingerprint density at radius 2 is 1.64 bits per heavy atom. The van der Waals surface area contributed by atoms with Crippen molar-refractivity contribution in [3.8, 4) is 5.75 Å². The van der Waals surface area contributed by atoms with Crippen molar-refractivity contribution in [2.75, 3.05) is 0 Å². The van der Waals surface area contributed by atoms with Crippen molar-refractivity contribution in [3.63, 3.8) is 0 Å². The third kappa shape index (κ3) is 6.18. The summed E-state index contributed by atoms with van der Waals surface area (Å²) in [5.74, 6) is 0.570. The molecule has 0 radical (unpaired) electrons. The van der Waals surface area contributed by atoms with Crippen LogP contribution in [0.4, 0.5) is 4.39 Å². The van der Waals surface area contributed by atoms with Gasteiger partial charge in [0.25, 0.3) is 0 Å². The lowest BCUT2D eigenvalue weighted by Crippen LogP contribution is -2.12. The Bertz CT molecular complexity index is 766. The molecule has 0 saturated heterocycles. The molecule has 0 spiro atoms. The van der Waals surface area contributed by atoms with Gasteiger partial charge in [0.05, 0.1) is 0 Å². The molecule has 0 bridgehead atoms. The fourth-order valence-electron chi connectivity index (χ4n) is 2.35. The molecule has 3 aromatic rings. The first kappa shape index (κ1) is 18.9. The lowest BCUT2D eigenvalue weighted by atomic mass is 10.2. The van der Waals surface area contributed by atoms with E-state index in [1.807, 2.05) is 36.5 Å². The summed E-state index contributed by atoms with van der Waals surface area (Å²) in [4.78, 5) is 4.10. The first-order valence-corrected chi connectivity index (χ1v) is 7.85. The van der Waals surface area contributed by atoms with Crippen LogP contribution >= 0.6 is 12.4 Å². The van der Waals surface area contributed by atoms with Crippen LogP contribution < -0.4 is 10.1 Å². The lowest BCUT2D eigenvalue weighted by Gasteiger charge is -2.09. The van der Waals surface area contributed by atoms with Gasteiger partial charge in [0, 0.05) is 25.5 Å². The third-order valence-corrected chi connectivity index (χ3v) is 3.60. The summed E-state index contributed by atoms with van der Waals surface area (Å²) in [6.45, 7) is 1.95. The quantitative estimate of drug-likeness (QED) is 0.674. The number of nitrogens with zero attached hydrogens (tertiary/aromatic N) is 1. The molecule has 0 aliphatic heterocycles. The maximum Gasteiger partial charge on any atom is 0.123 e. The average Bonchev–Trinajstić information content (AvgIpc) is 2.63. The summed E-state index contributed by atoms with van der Waals surface area (Å²) in [6.07, 6.45) is 3.63. The minimum absolute atomic E-state index is 0. The zero-order valence-corrected chi connectivity index (χ0v) is 14.5. The van der Waals surface area contributed by atoms with Gasteiger partial charge in [-0.15, -0.1) is 12.4 Å². The Labute approximate surface area is 153 Å². The van der Waals surface area contributed by atoms with E-state index in [0.29, 0.717) is 6.61 Å². The van der Waals surface area contributed by atoms with Gasteiger partial charge in [0.15, 0.2) is 0 Å². The second-order valence-electron chi connectivity index (χ2n) is 5.53. The zero-order chi connectivity index (χ0) is 16.6. The molecule has 1 aromatic heterocycles. The van der Waals surface area contributed by atoms with Crippen LogP contribution in [0.25, 0.3) is 0 Å². The van der Waals surface area contributed by atoms with Crippen molar-refractivity contribution in [3.05, 3.63) is 95.6 Å². The SMILES string of the molecule is Cl.Fc1ccc(COc2cccc(CNCc3cccnc3)c2)cc1. The summed E-state index contributed by atoms with van der Waals surface area (Å²) >= 11 is 0. The maximum absolute atomic E-state index is 12.9. The van der Waals surface area contributed by atoms with Crippen LogP contribution in [0.3, 0.4) is 0 Å². The topological polar surface area (TPSA) is 34.1 Å². The van der Waals surface area contributed by atoms with Gasteiger partial charge in [-0.25, -0.2) is 4.39 Å². The molecule has 5 heteroatoms. The lowest BCUT2D eigenvalue weighted by molar-refractivity contribution is 0.305. The monoisotopic (exact) mass is 358 g/mol. The molecule has 0 aliphatic rings. The normalized spacial score (nSPS) is 10.1. The second kappa shape index (κ2) is 9.77. The number of benzene rings is 2. The van der Waals surface area contributed by atoms with Gasteiger partial charge in [0.1, 0.15) is 18.2 Å². The predicted octanol–water partition coefficient (Wildman–Crippen LogP) is 4.51. The fourth-order valence-corrected chi connectivity index (χ4v) is 2.35. The molecular weight excluding hydrogens is 339 g/mol. The van der Waals surface area contributed by atoms with Gasteiger partial charge >= 0.3 is 0 Å². The minimum Gasteiger partial charge on any atom is -0.489 e. The van der Waals surface area contributed by atoms with Gasteiger partial charge < -0.3 is 10.1 Å². The highest BCUT2D eigenvalue weighted by Gasteiger charge is 2.00. The summed E-state index contributed by atoms with van der Waals surface area (Å²) in [6, 6.07) is 18.3. The van der Waals surface area contributed by atoms with Gasteiger partial charge in [-0.05, 0) is 47.0 Å². The highest BCUT2D eigenvalue weighted by Crippen LogP contribution is 2.15. The number of hydrogen-bond acceptors (Lipinski definition) is 3. The smallest absolute Gasteiger partial charge is 0.123 e. The molecule has 0 fully saturated rings. The van der Waals surface area contributed by atoms with E-state index >= 15 is 0 Å². The minimum atomic E-state index is -0.236. The van der Waals surface area contributed by atoms with Crippen molar-refractivity contribution in [1.29, 1.82) is 0 Å². The van der Waals surface area contributed by atoms with Crippen molar-refractivity contribution in [2.45, 2.75) is 19.7 Å². The highest BCUT2D eigenvalue weighted by atomic mass is 35.5. The molecular formula is C20H20ClFN2O. The molecule has 1 heterocycles. The number of nitrogens with one attached hydrogen (secondary N) is 1. The molecule has 25 heavy (non-hydrogen) atoms. The van der Waals surface area contributed by atoms with Crippen LogP contribution in [0.5, 0.6) is 5.75 Å². The Morgan fingerprint density at radius 3 is 2.40 bits per heavy atom. The van der Waals surface area contributed by atoms with E-state index < -0.39 is 0 Å². The van der Waals surface area contributed by atoms with Crippen LogP contribution in [0.2, 0.25) is 0 Å². The molecule has 3 rings (SSSR count). The summed E-state index contributed by atoms with van der Waals surface area (Å²) in [5, 5.41) is 3.39. The largest absolute Gasteiger partial charge is 0.489 e. The first-order chi connectivity index (χ1) is 11.8. The van der Waals surface area contributed by atoms with Crippen molar-refractivity contribution < 1.29 is 9.13 Å². The maximum atomic E-state index is 12.9. The molecule has 0 saturated carbocycles. The van der Waals surface area contributed by atoms with E-state index in [1.165, 1.54) is 12.1 Å². The number of rotatable bonds is 7. The van der Waals surface area contributed by atoms with Gasteiger partial charge in [0.2, 0.25) is 0 Å². The van der Waals surface area contributed by atoms with E-state index in [2.05, 4.69) is 16.4 Å². The van der Waals surface area contributed by atoms with E-state index in [0.717, 1.165) is 35.5 Å². The first-order valence-electron chi connectivity index (χ1n) is 7.85. The number of halogens is 2. The summed E-state index contributed by atoms with van der Waals surface area (Å²) in [7, 11) is 0. The summed E-state index contributed by atoms with van der Waals surface area (Å²) < 4.78 is 18.7.